The van der Waals surface area contributed by atoms with Gasteiger partial charge in [0.15, 0.2) is 23.3 Å². The molecule has 4 nitrogen and oxygen atoms in total. The molecule has 0 saturated carbocycles. The van der Waals surface area contributed by atoms with Crippen LogP contribution in [0.3, 0.4) is 0 Å². The monoisotopic (exact) mass is 852 g/mol. The summed E-state index contributed by atoms with van der Waals surface area (Å²) in [5.74, 6) is -4.28. The lowest BCUT2D eigenvalue weighted by atomic mass is 10.1. The number of benzene rings is 2. The summed E-state index contributed by atoms with van der Waals surface area (Å²) >= 11 is 21.7. The van der Waals surface area contributed by atoms with E-state index >= 15 is 0 Å². The Labute approximate surface area is 267 Å². The predicted octanol–water partition coefficient (Wildman–Crippen LogP) is 10.2. The molecule has 0 fully saturated rings. The highest BCUT2D eigenvalue weighted by Crippen LogP contribution is 2.33. The topological polar surface area (TPSA) is 52.6 Å². The number of carbonyl (C=O) groups excluding carboxylic acids is 2. The summed E-state index contributed by atoms with van der Waals surface area (Å²) in [4.78, 5) is 21.7. The maximum atomic E-state index is 13.1. The molecule has 0 aliphatic carbocycles. The van der Waals surface area contributed by atoms with E-state index in [9.17, 15) is 27.2 Å². The van der Waals surface area contributed by atoms with Crippen molar-refractivity contribution < 1.29 is 36.6 Å². The Morgan fingerprint density at radius 3 is 1.82 bits per heavy atom. The number of halogens is 10. The van der Waals surface area contributed by atoms with Crippen LogP contribution in [0.25, 0.3) is 6.08 Å². The molecule has 39 heavy (non-hydrogen) atoms. The van der Waals surface area contributed by atoms with E-state index in [1.165, 1.54) is 12.1 Å². The van der Waals surface area contributed by atoms with E-state index in [1.54, 1.807) is 26.0 Å². The average molecular weight is 857 g/mol. The molecule has 0 radical (unpaired) electrons. The molecule has 0 N–H and O–H groups in total. The molecular weight excluding hydrogens is 831 g/mol. The summed E-state index contributed by atoms with van der Waals surface area (Å²) < 4.78 is 60.8. The van der Waals surface area contributed by atoms with Gasteiger partial charge in [0.1, 0.15) is 0 Å². The third-order valence-electron chi connectivity index (χ3n) is 4.09. The molecule has 2 rings (SSSR count). The Hall–Kier alpha value is -0.660. The maximum absolute atomic E-state index is 13.1. The number of alkyl halides is 4. The molecule has 0 spiro atoms. The highest BCUT2D eigenvalue weighted by molar-refractivity contribution is 9.93. The number of carbonyl (C=O) groups is 2. The molecule has 0 amide bonds. The molecule has 0 heterocycles. The van der Waals surface area contributed by atoms with E-state index in [4.69, 9.17) is 32.7 Å². The quantitative estimate of drug-likeness (QED) is 0.143. The Bertz CT molecular complexity index is 1020. The first-order valence-electron chi connectivity index (χ1n) is 10.9. The van der Waals surface area contributed by atoms with E-state index in [1.807, 2.05) is 0 Å². The molecule has 0 aromatic heterocycles. The van der Waals surface area contributed by atoms with Gasteiger partial charge in [0.2, 0.25) is 0 Å². The van der Waals surface area contributed by atoms with Crippen molar-refractivity contribution in [2.24, 2.45) is 0 Å². The van der Waals surface area contributed by atoms with Crippen LogP contribution in [0.15, 0.2) is 42.5 Å². The normalized spacial score (nSPS) is 11.5. The van der Waals surface area contributed by atoms with Crippen molar-refractivity contribution in [2.75, 3.05) is 18.6 Å². The van der Waals surface area contributed by atoms with Gasteiger partial charge in [-0.25, -0.2) is 17.6 Å². The Morgan fingerprint density at radius 1 is 0.846 bits per heavy atom. The Morgan fingerprint density at radius 2 is 1.33 bits per heavy atom. The molecule has 2 atom stereocenters. The zero-order valence-corrected chi connectivity index (χ0v) is 28.6. The van der Waals surface area contributed by atoms with Crippen LogP contribution < -0.4 is 0 Å². The van der Waals surface area contributed by atoms with Gasteiger partial charge in [-0.3, -0.25) is 9.59 Å². The molecule has 2 aromatic carbocycles. The summed E-state index contributed by atoms with van der Waals surface area (Å²) in [7, 11) is 0. The van der Waals surface area contributed by atoms with Crippen LogP contribution in [0.5, 0.6) is 0 Å². The third kappa shape index (κ3) is 19.2. The SMILES string of the molecule is BrBr.CCOC(=O)CC(Br)C(Br)c1ccc(F)c(F)c1.CCOC(=O)CC=Cc1ccc(F)c(F)c1.ClCCl. The third-order valence-corrected chi connectivity index (χ3v) is 6.82. The number of hydrogen-bond acceptors (Lipinski definition) is 4. The molecule has 2 aromatic rings. The predicted molar refractivity (Wildman–Crippen MR) is 163 cm³/mol. The number of esters is 2. The molecule has 0 aliphatic rings. The van der Waals surface area contributed by atoms with Crippen LogP contribution in [0.1, 0.15) is 42.6 Å². The van der Waals surface area contributed by atoms with Gasteiger partial charge in [0, 0.05) is 33.1 Å². The first kappa shape index (κ1) is 40.5. The highest BCUT2D eigenvalue weighted by atomic mass is 80.9. The van der Waals surface area contributed by atoms with E-state index in [2.05, 4.69) is 60.1 Å². The van der Waals surface area contributed by atoms with Crippen LogP contribution in [-0.2, 0) is 19.1 Å². The van der Waals surface area contributed by atoms with Gasteiger partial charge in [0.05, 0.1) is 36.2 Å². The largest absolute Gasteiger partial charge is 0.466 e. The van der Waals surface area contributed by atoms with Crippen molar-refractivity contribution in [1.29, 1.82) is 0 Å². The second-order valence-corrected chi connectivity index (χ2v) is 9.76. The maximum Gasteiger partial charge on any atom is 0.309 e. The van der Waals surface area contributed by atoms with Gasteiger partial charge in [-0.2, -0.15) is 0 Å². The molecule has 14 heteroatoms. The summed E-state index contributed by atoms with van der Waals surface area (Å²) in [6, 6.07) is 7.17. The van der Waals surface area contributed by atoms with E-state index < -0.39 is 23.3 Å². The fourth-order valence-corrected chi connectivity index (χ4v) is 3.54. The lowest BCUT2D eigenvalue weighted by molar-refractivity contribution is -0.143. The second-order valence-electron chi connectivity index (χ2n) is 6.79. The smallest absolute Gasteiger partial charge is 0.309 e. The Balaban J connectivity index is 0. The lowest BCUT2D eigenvalue weighted by Crippen LogP contribution is -2.15. The van der Waals surface area contributed by atoms with Gasteiger partial charge < -0.3 is 9.47 Å². The fourth-order valence-electron chi connectivity index (χ4n) is 2.50. The van der Waals surface area contributed by atoms with Gasteiger partial charge in [0.25, 0.3) is 0 Å². The van der Waals surface area contributed by atoms with Crippen LogP contribution in [-0.4, -0.2) is 35.3 Å². The molecule has 0 bridgehead atoms. The minimum Gasteiger partial charge on any atom is -0.466 e. The van der Waals surface area contributed by atoms with Crippen LogP contribution in [0.2, 0.25) is 0 Å². The minimum atomic E-state index is -0.909. The van der Waals surface area contributed by atoms with Crippen molar-refractivity contribution in [1.82, 2.24) is 0 Å². The number of ether oxygens (including phenoxy) is 2. The first-order chi connectivity index (χ1) is 18.5. The number of rotatable bonds is 9. The van der Waals surface area contributed by atoms with Crippen LogP contribution in [0, 0.1) is 23.3 Å². The average Bonchev–Trinajstić information content (AvgIpc) is 2.89. The summed E-state index contributed by atoms with van der Waals surface area (Å²) in [6.45, 7) is 4.09. The van der Waals surface area contributed by atoms with Gasteiger partial charge in [-0.15, -0.1) is 23.2 Å². The fraction of sp³-hybridized carbons (Fsp3) is 0.360. The van der Waals surface area contributed by atoms with E-state index in [-0.39, 0.29) is 39.8 Å². The molecule has 0 aliphatic heterocycles. The van der Waals surface area contributed by atoms with E-state index in [0.717, 1.165) is 24.3 Å². The van der Waals surface area contributed by atoms with Gasteiger partial charge in [-0.05, 0) is 49.2 Å². The van der Waals surface area contributed by atoms with Crippen molar-refractivity contribution in [3.63, 3.8) is 0 Å². The van der Waals surface area contributed by atoms with Crippen LogP contribution >= 0.6 is 83.3 Å². The zero-order valence-electron chi connectivity index (χ0n) is 20.7. The summed E-state index contributed by atoms with van der Waals surface area (Å²) in [5.41, 5.74) is 1.06. The van der Waals surface area contributed by atoms with Crippen molar-refractivity contribution in [3.05, 3.63) is 76.9 Å². The van der Waals surface area contributed by atoms with E-state index in [0.29, 0.717) is 24.3 Å². The van der Waals surface area contributed by atoms with Gasteiger partial charge in [-0.1, -0.05) is 56.1 Å². The Kier molecular flexibility index (Phi) is 26.0. The number of hydrogen-bond donors (Lipinski definition) is 0. The second kappa shape index (κ2) is 25.1. The lowest BCUT2D eigenvalue weighted by Gasteiger charge is -2.16. The highest BCUT2D eigenvalue weighted by Gasteiger charge is 2.22. The van der Waals surface area contributed by atoms with Crippen molar-refractivity contribution in [3.8, 4) is 0 Å². The molecular formula is C25H26Br4Cl2F4O4. The minimum absolute atomic E-state index is 0.118. The first-order valence-corrected chi connectivity index (χ1v) is 17.5. The zero-order chi connectivity index (χ0) is 30.4. The molecule has 0 saturated heterocycles. The van der Waals surface area contributed by atoms with Crippen molar-refractivity contribution >= 4 is 101 Å². The molecule has 2 unspecified atom stereocenters. The van der Waals surface area contributed by atoms with Crippen LogP contribution in [0.4, 0.5) is 17.6 Å². The summed E-state index contributed by atoms with van der Waals surface area (Å²) in [5, 5.41) is 0.194. The summed E-state index contributed by atoms with van der Waals surface area (Å²) in [6.07, 6.45) is 3.35. The van der Waals surface area contributed by atoms with Gasteiger partial charge >= 0.3 is 11.9 Å². The standard InChI is InChI=1S/C12H12Br2F2O2.C12H12F2O2.CH2Cl2.Br2/c1-2-18-11(17)6-8(13)12(14)7-3-4-9(15)10(16)5-7;1-2-16-12(15)5-3-4-9-6-7-10(13)11(14)8-9;2-1-3;1-2/h3-5,8,12H,2,6H2,1H3;3-4,6-8H,2,5H2,1H3;1H2;. The van der Waals surface area contributed by atoms with Crippen molar-refractivity contribution in [2.45, 2.75) is 36.3 Å². The molecule has 220 valence electrons.